The lowest BCUT2D eigenvalue weighted by atomic mass is 10.0. The number of aryl methyl sites for hydroxylation is 1. The molecule has 0 radical (unpaired) electrons. The molecule has 21 heavy (non-hydrogen) atoms. The average Bonchev–Trinajstić information content (AvgIpc) is 2.92. The molecule has 1 N–H and O–H groups in total. The maximum Gasteiger partial charge on any atom is 0.253 e. The van der Waals surface area contributed by atoms with Gasteiger partial charge in [0.25, 0.3) is 5.89 Å². The van der Waals surface area contributed by atoms with Crippen LogP contribution in [0.5, 0.6) is 5.75 Å². The third kappa shape index (κ3) is 4.29. The van der Waals surface area contributed by atoms with Gasteiger partial charge in [-0.2, -0.15) is 0 Å². The molecular formula is C16H23N3O2. The van der Waals surface area contributed by atoms with E-state index in [-0.39, 0.29) is 0 Å². The van der Waals surface area contributed by atoms with Gasteiger partial charge in [-0.15, -0.1) is 10.2 Å². The number of rotatable bonds is 8. The molecule has 114 valence electrons. The van der Waals surface area contributed by atoms with Crippen LogP contribution in [0.15, 0.2) is 28.7 Å². The van der Waals surface area contributed by atoms with Crippen molar-refractivity contribution in [3.05, 3.63) is 41.6 Å². The van der Waals surface area contributed by atoms with Gasteiger partial charge in [-0.3, -0.25) is 0 Å². The summed E-state index contributed by atoms with van der Waals surface area (Å²) >= 11 is 0. The Morgan fingerprint density at radius 3 is 2.71 bits per heavy atom. The monoisotopic (exact) mass is 289 g/mol. The molecule has 0 fully saturated rings. The number of hydrogen-bond donors (Lipinski definition) is 1. The van der Waals surface area contributed by atoms with Crippen LogP contribution in [-0.4, -0.2) is 16.7 Å². The molecule has 0 saturated heterocycles. The number of nitrogens with zero attached hydrogens (tertiary/aromatic N) is 2. The van der Waals surface area contributed by atoms with E-state index < -0.39 is 0 Å². The summed E-state index contributed by atoms with van der Waals surface area (Å²) < 4.78 is 11.2. The number of aromatic nitrogens is 2. The van der Waals surface area contributed by atoms with E-state index in [9.17, 15) is 0 Å². The van der Waals surface area contributed by atoms with Gasteiger partial charge in [0, 0.05) is 18.5 Å². The fourth-order valence-corrected chi connectivity index (χ4v) is 2.23. The average molecular weight is 289 g/mol. The molecular weight excluding hydrogens is 266 g/mol. The van der Waals surface area contributed by atoms with Gasteiger partial charge in [-0.25, -0.2) is 0 Å². The van der Waals surface area contributed by atoms with Crippen LogP contribution in [0.1, 0.15) is 50.1 Å². The van der Waals surface area contributed by atoms with Gasteiger partial charge in [0.2, 0.25) is 5.89 Å². The van der Waals surface area contributed by atoms with E-state index in [1.165, 1.54) is 5.56 Å². The van der Waals surface area contributed by atoms with Crippen LogP contribution < -0.4 is 10.1 Å². The lowest BCUT2D eigenvalue weighted by molar-refractivity contribution is 0.255. The highest BCUT2D eigenvalue weighted by Crippen LogP contribution is 2.27. The fourth-order valence-electron chi connectivity index (χ4n) is 2.23. The van der Waals surface area contributed by atoms with Crippen LogP contribution >= 0.6 is 0 Å². The summed E-state index contributed by atoms with van der Waals surface area (Å²) in [5, 5.41) is 11.3. The lowest BCUT2D eigenvalue weighted by Crippen LogP contribution is -2.22. The summed E-state index contributed by atoms with van der Waals surface area (Å²) in [7, 11) is 0. The van der Waals surface area contributed by atoms with Gasteiger partial charge in [-0.1, -0.05) is 32.0 Å². The summed E-state index contributed by atoms with van der Waals surface area (Å²) in [6, 6.07) is 8.39. The molecule has 0 spiro atoms. The molecule has 5 nitrogen and oxygen atoms in total. The first-order chi connectivity index (χ1) is 10.2. The summed E-state index contributed by atoms with van der Waals surface area (Å²) in [5.41, 5.74) is 1.17. The second-order valence-corrected chi connectivity index (χ2v) is 4.96. The van der Waals surface area contributed by atoms with Crippen molar-refractivity contribution in [3.63, 3.8) is 0 Å². The quantitative estimate of drug-likeness (QED) is 0.807. The minimum Gasteiger partial charge on any atom is -0.483 e. The predicted octanol–water partition coefficient (Wildman–Crippen LogP) is 3.41. The molecule has 1 heterocycles. The minimum absolute atomic E-state index is 0.294. The summed E-state index contributed by atoms with van der Waals surface area (Å²) in [6.07, 6.45) is 2.13. The smallest absolute Gasteiger partial charge is 0.253 e. The number of para-hydroxylation sites is 1. The summed E-state index contributed by atoms with van der Waals surface area (Å²) in [5.74, 6) is 1.92. The molecule has 1 atom stereocenters. The van der Waals surface area contributed by atoms with Gasteiger partial charge in [0.15, 0.2) is 6.61 Å². The van der Waals surface area contributed by atoms with Crippen molar-refractivity contribution in [2.75, 3.05) is 6.54 Å². The Kier molecular flexibility index (Phi) is 5.75. The van der Waals surface area contributed by atoms with E-state index in [0.29, 0.717) is 24.4 Å². The number of benzene rings is 1. The lowest BCUT2D eigenvalue weighted by Gasteiger charge is -2.20. The van der Waals surface area contributed by atoms with Crippen LogP contribution in [0.4, 0.5) is 0 Å². The van der Waals surface area contributed by atoms with Crippen molar-refractivity contribution in [1.82, 2.24) is 15.5 Å². The normalized spacial score (nSPS) is 12.3. The molecule has 5 heteroatoms. The molecule has 1 aromatic carbocycles. The van der Waals surface area contributed by atoms with E-state index in [1.54, 1.807) is 6.92 Å². The molecule has 0 bridgehead atoms. The Labute approximate surface area is 125 Å². The van der Waals surface area contributed by atoms with Gasteiger partial charge < -0.3 is 14.5 Å². The Morgan fingerprint density at radius 2 is 2.05 bits per heavy atom. The second-order valence-electron chi connectivity index (χ2n) is 4.96. The zero-order valence-electron chi connectivity index (χ0n) is 12.9. The Balaban J connectivity index is 2.08. The van der Waals surface area contributed by atoms with Crippen molar-refractivity contribution in [2.24, 2.45) is 0 Å². The summed E-state index contributed by atoms with van der Waals surface area (Å²) in [6.45, 7) is 7.40. The first-order valence-electron chi connectivity index (χ1n) is 7.48. The van der Waals surface area contributed by atoms with Gasteiger partial charge in [0.05, 0.1) is 0 Å². The van der Waals surface area contributed by atoms with Crippen LogP contribution in [-0.2, 0) is 6.61 Å². The highest BCUT2D eigenvalue weighted by atomic mass is 16.5. The van der Waals surface area contributed by atoms with Crippen molar-refractivity contribution in [1.29, 1.82) is 0 Å². The van der Waals surface area contributed by atoms with Crippen molar-refractivity contribution >= 4 is 0 Å². The molecule has 1 unspecified atom stereocenters. The van der Waals surface area contributed by atoms with Gasteiger partial charge in [-0.05, 0) is 25.5 Å². The zero-order chi connectivity index (χ0) is 15.1. The number of ether oxygens (including phenoxy) is 1. The van der Waals surface area contributed by atoms with E-state index in [0.717, 1.165) is 25.1 Å². The van der Waals surface area contributed by atoms with Gasteiger partial charge in [0.1, 0.15) is 5.75 Å². The Morgan fingerprint density at radius 1 is 1.24 bits per heavy atom. The third-order valence-corrected chi connectivity index (χ3v) is 3.26. The highest BCUT2D eigenvalue weighted by Gasteiger charge is 2.14. The molecule has 1 aromatic heterocycles. The Hall–Kier alpha value is -1.88. The third-order valence-electron chi connectivity index (χ3n) is 3.26. The van der Waals surface area contributed by atoms with Crippen LogP contribution in [0, 0.1) is 6.92 Å². The predicted molar refractivity (Wildman–Crippen MR) is 81.1 cm³/mol. The minimum atomic E-state index is 0.294. The Bertz CT molecular complexity index is 554. The van der Waals surface area contributed by atoms with Gasteiger partial charge >= 0.3 is 0 Å². The van der Waals surface area contributed by atoms with E-state index in [1.807, 2.05) is 18.2 Å². The van der Waals surface area contributed by atoms with Crippen LogP contribution in [0.3, 0.4) is 0 Å². The van der Waals surface area contributed by atoms with Crippen molar-refractivity contribution < 1.29 is 9.15 Å². The van der Waals surface area contributed by atoms with Crippen LogP contribution in [0.25, 0.3) is 0 Å². The fraction of sp³-hybridized carbons (Fsp3) is 0.500. The molecule has 0 aliphatic rings. The molecule has 0 amide bonds. The van der Waals surface area contributed by atoms with Crippen molar-refractivity contribution in [2.45, 2.75) is 46.3 Å². The highest BCUT2D eigenvalue weighted by molar-refractivity contribution is 5.36. The number of nitrogens with one attached hydrogen (secondary N) is 1. The number of hydrogen-bond acceptors (Lipinski definition) is 5. The molecule has 2 aromatic rings. The van der Waals surface area contributed by atoms with E-state index >= 15 is 0 Å². The summed E-state index contributed by atoms with van der Waals surface area (Å²) in [4.78, 5) is 0. The molecule has 0 aliphatic carbocycles. The first-order valence-corrected chi connectivity index (χ1v) is 7.48. The largest absolute Gasteiger partial charge is 0.483 e. The van der Waals surface area contributed by atoms with E-state index in [2.05, 4.69) is 35.4 Å². The topological polar surface area (TPSA) is 60.2 Å². The zero-order valence-corrected chi connectivity index (χ0v) is 12.9. The molecule has 0 aliphatic heterocycles. The molecule has 0 saturated carbocycles. The SMILES string of the molecule is CCCNC(CC)c1ccccc1OCc1nnc(C)o1. The standard InChI is InChI=1S/C16H23N3O2/c1-4-10-17-14(5-2)13-8-6-7-9-15(13)20-11-16-19-18-12(3)21-16/h6-9,14,17H,4-5,10-11H2,1-3H3. The second kappa shape index (κ2) is 7.78. The van der Waals surface area contributed by atoms with Crippen molar-refractivity contribution in [3.8, 4) is 5.75 Å². The maximum absolute atomic E-state index is 5.86. The van der Waals surface area contributed by atoms with Crippen LogP contribution in [0.2, 0.25) is 0 Å². The molecule has 2 rings (SSSR count). The van der Waals surface area contributed by atoms with E-state index in [4.69, 9.17) is 9.15 Å². The first kappa shape index (κ1) is 15.5. The maximum atomic E-state index is 5.86.